The largest absolute Gasteiger partial charge is 0.458 e. The normalized spacial score (nSPS) is 13.4. The molecule has 2 aromatic carbocycles. The van der Waals surface area contributed by atoms with Crippen molar-refractivity contribution < 1.29 is 14.8 Å². The molecular formula is C14H15BN4O3. The summed E-state index contributed by atoms with van der Waals surface area (Å²) >= 11 is 0. The summed E-state index contributed by atoms with van der Waals surface area (Å²) in [5, 5.41) is 12.4. The SMILES string of the molecule is N/N=C(\NN)c1ccc(Oc2cccc3c2B(OO)C3)cc1. The first kappa shape index (κ1) is 14.4. The molecule has 0 bridgehead atoms. The van der Waals surface area contributed by atoms with Crippen LogP contribution in [0.5, 0.6) is 11.5 Å². The van der Waals surface area contributed by atoms with Crippen molar-refractivity contribution in [3.63, 3.8) is 0 Å². The summed E-state index contributed by atoms with van der Waals surface area (Å²) in [5.41, 5.74) is 5.15. The Morgan fingerprint density at radius 2 is 2.00 bits per heavy atom. The minimum absolute atomic E-state index is 0.331. The Bertz CT molecular complexity index is 706. The van der Waals surface area contributed by atoms with Crippen molar-refractivity contribution in [2.24, 2.45) is 16.8 Å². The Labute approximate surface area is 127 Å². The summed E-state index contributed by atoms with van der Waals surface area (Å²) in [7, 11) is 0. The summed E-state index contributed by atoms with van der Waals surface area (Å²) in [6.45, 7) is -0.331. The summed E-state index contributed by atoms with van der Waals surface area (Å²) in [6, 6.07) is 12.9. The molecular weight excluding hydrogens is 283 g/mol. The molecule has 1 aliphatic heterocycles. The monoisotopic (exact) mass is 298 g/mol. The van der Waals surface area contributed by atoms with Crippen molar-refractivity contribution in [3.8, 4) is 11.5 Å². The number of fused-ring (bicyclic) bond motifs is 1. The third-order valence-corrected chi connectivity index (χ3v) is 3.63. The van der Waals surface area contributed by atoms with E-state index in [1.165, 1.54) is 0 Å². The average Bonchev–Trinajstić information content (AvgIpc) is 2.52. The molecule has 0 unspecified atom stereocenters. The Morgan fingerprint density at radius 3 is 2.64 bits per heavy atom. The van der Waals surface area contributed by atoms with Crippen LogP contribution < -0.4 is 27.3 Å². The molecule has 8 heteroatoms. The molecule has 112 valence electrons. The van der Waals surface area contributed by atoms with Gasteiger partial charge in [-0.25, -0.2) is 5.84 Å². The predicted molar refractivity (Wildman–Crippen MR) is 83.8 cm³/mol. The molecule has 0 aromatic heterocycles. The van der Waals surface area contributed by atoms with Crippen LogP contribution in [-0.2, 0) is 11.1 Å². The van der Waals surface area contributed by atoms with Gasteiger partial charge in [-0.05, 0) is 42.1 Å². The van der Waals surface area contributed by atoms with Crippen LogP contribution in [0.3, 0.4) is 0 Å². The zero-order valence-corrected chi connectivity index (χ0v) is 11.7. The third kappa shape index (κ3) is 2.50. The number of nitrogens with zero attached hydrogens (tertiary/aromatic N) is 1. The molecule has 0 saturated carbocycles. The highest BCUT2D eigenvalue weighted by molar-refractivity contribution is 6.72. The Morgan fingerprint density at radius 1 is 1.23 bits per heavy atom. The number of ether oxygens (including phenoxy) is 1. The van der Waals surface area contributed by atoms with Gasteiger partial charge >= 0.3 is 6.92 Å². The van der Waals surface area contributed by atoms with Gasteiger partial charge in [0.25, 0.3) is 0 Å². The molecule has 0 aliphatic carbocycles. The van der Waals surface area contributed by atoms with Crippen molar-refractivity contribution in [1.82, 2.24) is 5.43 Å². The lowest BCUT2D eigenvalue weighted by Gasteiger charge is -2.26. The number of rotatable bonds is 4. The molecule has 1 aliphatic rings. The van der Waals surface area contributed by atoms with E-state index < -0.39 is 0 Å². The third-order valence-electron chi connectivity index (χ3n) is 3.63. The fourth-order valence-corrected chi connectivity index (χ4v) is 2.49. The molecule has 0 radical (unpaired) electrons. The quantitative estimate of drug-likeness (QED) is 0.162. The smallest absolute Gasteiger partial charge is 0.380 e. The van der Waals surface area contributed by atoms with Gasteiger partial charge in [0, 0.05) is 5.56 Å². The van der Waals surface area contributed by atoms with Crippen molar-refractivity contribution in [1.29, 1.82) is 0 Å². The number of nitrogens with two attached hydrogens (primary N) is 2. The maximum absolute atomic E-state index is 8.88. The Balaban J connectivity index is 1.82. The first-order chi connectivity index (χ1) is 10.8. The topological polar surface area (TPSA) is 115 Å². The van der Waals surface area contributed by atoms with Gasteiger partial charge in [0.1, 0.15) is 11.5 Å². The van der Waals surface area contributed by atoms with E-state index in [2.05, 4.69) is 15.3 Å². The number of hydrogen-bond donors (Lipinski definition) is 4. The second-order valence-corrected chi connectivity index (χ2v) is 4.88. The van der Waals surface area contributed by atoms with Gasteiger partial charge in [-0.3, -0.25) is 5.26 Å². The van der Waals surface area contributed by atoms with E-state index in [1.807, 2.05) is 18.2 Å². The molecule has 0 spiro atoms. The molecule has 0 saturated heterocycles. The van der Waals surface area contributed by atoms with Gasteiger partial charge in [-0.15, -0.1) is 0 Å². The van der Waals surface area contributed by atoms with Crippen molar-refractivity contribution in [3.05, 3.63) is 53.6 Å². The van der Waals surface area contributed by atoms with Gasteiger partial charge in [-0.1, -0.05) is 17.7 Å². The van der Waals surface area contributed by atoms with Gasteiger partial charge < -0.3 is 20.8 Å². The molecule has 6 N–H and O–H groups in total. The van der Waals surface area contributed by atoms with Crippen LogP contribution in [0.15, 0.2) is 47.6 Å². The summed E-state index contributed by atoms with van der Waals surface area (Å²) < 4.78 is 5.86. The van der Waals surface area contributed by atoms with Crippen molar-refractivity contribution in [2.75, 3.05) is 0 Å². The molecule has 1 heterocycles. The maximum atomic E-state index is 8.88. The first-order valence-corrected chi connectivity index (χ1v) is 6.71. The molecule has 0 fully saturated rings. The highest BCUT2D eigenvalue weighted by atomic mass is 17.1. The fraction of sp³-hybridized carbons (Fsp3) is 0.0714. The maximum Gasteiger partial charge on any atom is 0.380 e. The van der Waals surface area contributed by atoms with Crippen molar-refractivity contribution in [2.45, 2.75) is 6.32 Å². The van der Waals surface area contributed by atoms with Crippen LogP contribution in [-0.4, -0.2) is 18.0 Å². The van der Waals surface area contributed by atoms with Crippen LogP contribution >= 0.6 is 0 Å². The molecule has 2 aromatic rings. The lowest BCUT2D eigenvalue weighted by Crippen LogP contribution is -2.48. The van der Waals surface area contributed by atoms with E-state index in [9.17, 15) is 0 Å². The standard InChI is InChI=1S/C14H15BN4O3/c16-18-14(19-17)9-4-6-11(7-5-9)21-12-3-1-2-10-8-15(22-20)13(10)12/h1-7,20H,8,16-17H2,(H,18,19). The second-order valence-electron chi connectivity index (χ2n) is 4.88. The minimum Gasteiger partial charge on any atom is -0.458 e. The molecule has 0 atom stereocenters. The van der Waals surface area contributed by atoms with E-state index in [-0.39, 0.29) is 6.92 Å². The lowest BCUT2D eigenvalue weighted by molar-refractivity contribution is -0.143. The van der Waals surface area contributed by atoms with Crippen LogP contribution in [0.1, 0.15) is 11.1 Å². The van der Waals surface area contributed by atoms with E-state index in [0.717, 1.165) is 16.6 Å². The van der Waals surface area contributed by atoms with Crippen LogP contribution in [0, 0.1) is 0 Å². The van der Waals surface area contributed by atoms with Gasteiger partial charge in [0.15, 0.2) is 5.84 Å². The number of nitrogens with one attached hydrogen (secondary N) is 1. The molecule has 3 rings (SSSR count). The number of hydrazone groups is 1. The summed E-state index contributed by atoms with van der Waals surface area (Å²) in [6.07, 6.45) is 0.681. The minimum atomic E-state index is -0.331. The van der Waals surface area contributed by atoms with Crippen molar-refractivity contribution >= 4 is 18.2 Å². The van der Waals surface area contributed by atoms with E-state index >= 15 is 0 Å². The predicted octanol–water partition coefficient (Wildman–Crippen LogP) is 0.346. The fourth-order valence-electron chi connectivity index (χ4n) is 2.49. The molecule has 0 amide bonds. The van der Waals surface area contributed by atoms with Gasteiger partial charge in [0.2, 0.25) is 0 Å². The number of hydrazine groups is 1. The number of amidine groups is 1. The van der Waals surface area contributed by atoms with E-state index in [0.29, 0.717) is 23.7 Å². The zero-order chi connectivity index (χ0) is 15.5. The Kier molecular flexibility index (Phi) is 3.97. The number of benzene rings is 2. The van der Waals surface area contributed by atoms with Crippen LogP contribution in [0.25, 0.3) is 0 Å². The zero-order valence-electron chi connectivity index (χ0n) is 11.7. The van der Waals surface area contributed by atoms with E-state index in [1.54, 1.807) is 24.3 Å². The average molecular weight is 298 g/mol. The highest BCUT2D eigenvalue weighted by Crippen LogP contribution is 2.26. The first-order valence-electron chi connectivity index (χ1n) is 6.71. The lowest BCUT2D eigenvalue weighted by atomic mass is 9.45. The van der Waals surface area contributed by atoms with Crippen LogP contribution in [0.4, 0.5) is 0 Å². The number of hydrogen-bond acceptors (Lipinski definition) is 6. The molecule has 7 nitrogen and oxygen atoms in total. The highest BCUT2D eigenvalue weighted by Gasteiger charge is 2.36. The van der Waals surface area contributed by atoms with Crippen LogP contribution in [0.2, 0.25) is 0 Å². The summed E-state index contributed by atoms with van der Waals surface area (Å²) in [4.78, 5) is 4.44. The molecule has 22 heavy (non-hydrogen) atoms. The Hall–Kier alpha value is -2.55. The van der Waals surface area contributed by atoms with E-state index in [4.69, 9.17) is 21.7 Å². The second kappa shape index (κ2) is 6.06. The van der Waals surface area contributed by atoms with Gasteiger partial charge in [0.05, 0.1) is 0 Å². The van der Waals surface area contributed by atoms with Gasteiger partial charge in [-0.2, -0.15) is 5.10 Å². The summed E-state index contributed by atoms with van der Waals surface area (Å²) in [5.74, 6) is 12.2.